The van der Waals surface area contributed by atoms with Crippen molar-refractivity contribution in [2.24, 2.45) is 11.3 Å². The van der Waals surface area contributed by atoms with Crippen LogP contribution in [0.3, 0.4) is 0 Å². The Morgan fingerprint density at radius 3 is 2.47 bits per heavy atom. The molecule has 2 N–H and O–H groups in total. The van der Waals surface area contributed by atoms with Gasteiger partial charge in [0.15, 0.2) is 0 Å². The Hall–Kier alpha value is -1.18. The number of rotatable bonds is 4. The van der Waals surface area contributed by atoms with E-state index in [0.29, 0.717) is 17.2 Å². The summed E-state index contributed by atoms with van der Waals surface area (Å²) in [7, 11) is 0. The molecule has 0 unspecified atom stereocenters. The molecule has 0 amide bonds. The van der Waals surface area contributed by atoms with E-state index in [4.69, 9.17) is 0 Å². The highest BCUT2D eigenvalue weighted by molar-refractivity contribution is 5.48. The van der Waals surface area contributed by atoms with Gasteiger partial charge in [-0.1, -0.05) is 33.3 Å². The predicted octanol–water partition coefficient (Wildman–Crippen LogP) is 4.80. The Morgan fingerprint density at radius 2 is 1.89 bits per heavy atom. The SMILES string of the molecule is CCC(C)(C)C1CCC(Nc2cccc(O)c2)CC1. The topological polar surface area (TPSA) is 32.3 Å². The van der Waals surface area contributed by atoms with Crippen LogP contribution in [-0.2, 0) is 0 Å². The molecule has 1 aliphatic carbocycles. The average Bonchev–Trinajstić information content (AvgIpc) is 2.39. The van der Waals surface area contributed by atoms with Gasteiger partial charge in [0, 0.05) is 17.8 Å². The maximum Gasteiger partial charge on any atom is 0.117 e. The van der Waals surface area contributed by atoms with E-state index >= 15 is 0 Å². The molecule has 0 bridgehead atoms. The molecule has 1 aromatic rings. The van der Waals surface area contributed by atoms with E-state index in [0.717, 1.165) is 11.6 Å². The number of aromatic hydroxyl groups is 1. The molecule has 0 atom stereocenters. The smallest absolute Gasteiger partial charge is 0.117 e. The van der Waals surface area contributed by atoms with Gasteiger partial charge in [0.2, 0.25) is 0 Å². The van der Waals surface area contributed by atoms with Crippen LogP contribution in [0.5, 0.6) is 5.75 Å². The van der Waals surface area contributed by atoms with Crippen LogP contribution in [0, 0.1) is 11.3 Å². The molecule has 1 aromatic carbocycles. The maximum absolute atomic E-state index is 9.48. The standard InChI is InChI=1S/C17H27NO/c1-4-17(2,3)13-8-10-14(11-9-13)18-15-6-5-7-16(19)12-15/h5-7,12-14,18-19H,4,8-11H2,1-3H3. The van der Waals surface area contributed by atoms with E-state index in [-0.39, 0.29) is 0 Å². The van der Waals surface area contributed by atoms with E-state index in [1.807, 2.05) is 18.2 Å². The molecule has 0 radical (unpaired) electrons. The monoisotopic (exact) mass is 261 g/mol. The molecule has 0 saturated heterocycles. The number of benzene rings is 1. The lowest BCUT2D eigenvalue weighted by molar-refractivity contribution is 0.147. The van der Waals surface area contributed by atoms with Gasteiger partial charge >= 0.3 is 0 Å². The lowest BCUT2D eigenvalue weighted by atomic mass is 9.69. The summed E-state index contributed by atoms with van der Waals surface area (Å²) in [6.07, 6.45) is 6.38. The molecular formula is C17H27NO. The summed E-state index contributed by atoms with van der Waals surface area (Å²) in [5.74, 6) is 1.20. The molecule has 1 aliphatic rings. The summed E-state index contributed by atoms with van der Waals surface area (Å²) >= 11 is 0. The van der Waals surface area contributed by atoms with Crippen molar-refractivity contribution in [3.05, 3.63) is 24.3 Å². The molecule has 0 aliphatic heterocycles. The summed E-state index contributed by atoms with van der Waals surface area (Å²) in [6.45, 7) is 7.11. The zero-order valence-corrected chi connectivity index (χ0v) is 12.4. The zero-order chi connectivity index (χ0) is 13.9. The first kappa shape index (κ1) is 14.2. The second-order valence-electron chi connectivity index (χ2n) is 6.59. The van der Waals surface area contributed by atoms with E-state index in [2.05, 4.69) is 26.1 Å². The van der Waals surface area contributed by atoms with Gasteiger partial charge in [0.05, 0.1) is 0 Å². The number of hydrogen-bond acceptors (Lipinski definition) is 2. The number of nitrogens with one attached hydrogen (secondary N) is 1. The van der Waals surface area contributed by atoms with Crippen LogP contribution >= 0.6 is 0 Å². The number of anilines is 1. The van der Waals surface area contributed by atoms with Crippen LogP contribution in [-0.4, -0.2) is 11.1 Å². The molecule has 19 heavy (non-hydrogen) atoms. The minimum atomic E-state index is 0.339. The van der Waals surface area contributed by atoms with E-state index in [9.17, 15) is 5.11 Å². The minimum Gasteiger partial charge on any atom is -0.508 e. The summed E-state index contributed by atoms with van der Waals surface area (Å²) in [4.78, 5) is 0. The molecular weight excluding hydrogens is 234 g/mol. The number of phenolic OH excluding ortho intramolecular Hbond substituents is 1. The van der Waals surface area contributed by atoms with Gasteiger partial charge in [-0.2, -0.15) is 0 Å². The molecule has 0 aromatic heterocycles. The molecule has 0 spiro atoms. The highest BCUT2D eigenvalue weighted by Crippen LogP contribution is 2.40. The average molecular weight is 261 g/mol. The van der Waals surface area contributed by atoms with Gasteiger partial charge in [-0.05, 0) is 49.1 Å². The van der Waals surface area contributed by atoms with Crippen molar-refractivity contribution < 1.29 is 5.11 Å². The van der Waals surface area contributed by atoms with Crippen molar-refractivity contribution in [2.75, 3.05) is 5.32 Å². The van der Waals surface area contributed by atoms with Gasteiger partial charge < -0.3 is 10.4 Å². The Bertz CT molecular complexity index is 405. The molecule has 2 nitrogen and oxygen atoms in total. The lowest BCUT2D eigenvalue weighted by Gasteiger charge is -2.39. The summed E-state index contributed by atoms with van der Waals surface area (Å²) in [5, 5.41) is 13.0. The van der Waals surface area contributed by atoms with Crippen molar-refractivity contribution in [2.45, 2.75) is 58.9 Å². The fraction of sp³-hybridized carbons (Fsp3) is 0.647. The second-order valence-corrected chi connectivity index (χ2v) is 6.59. The van der Waals surface area contributed by atoms with Gasteiger partial charge in [-0.15, -0.1) is 0 Å². The third kappa shape index (κ3) is 3.65. The Labute approximate surface area is 117 Å². The Balaban J connectivity index is 1.87. The summed E-state index contributed by atoms with van der Waals surface area (Å²) in [6, 6.07) is 8.00. The van der Waals surface area contributed by atoms with Crippen LogP contribution in [0.1, 0.15) is 52.9 Å². The molecule has 2 heteroatoms. The third-order valence-corrected chi connectivity index (χ3v) is 4.96. The minimum absolute atomic E-state index is 0.339. The fourth-order valence-electron chi connectivity index (χ4n) is 3.14. The molecule has 1 fully saturated rings. The van der Waals surface area contributed by atoms with Crippen LogP contribution in [0.15, 0.2) is 24.3 Å². The van der Waals surface area contributed by atoms with Crippen molar-refractivity contribution in [3.63, 3.8) is 0 Å². The second kappa shape index (κ2) is 5.85. The van der Waals surface area contributed by atoms with Crippen molar-refractivity contribution in [1.29, 1.82) is 0 Å². The third-order valence-electron chi connectivity index (χ3n) is 4.96. The Morgan fingerprint density at radius 1 is 1.21 bits per heavy atom. The van der Waals surface area contributed by atoms with Gasteiger partial charge in [-0.25, -0.2) is 0 Å². The molecule has 1 saturated carbocycles. The quantitative estimate of drug-likeness (QED) is 0.816. The fourth-order valence-corrected chi connectivity index (χ4v) is 3.14. The maximum atomic E-state index is 9.48. The lowest BCUT2D eigenvalue weighted by Crippen LogP contribution is -2.32. The van der Waals surface area contributed by atoms with E-state index in [1.165, 1.54) is 32.1 Å². The highest BCUT2D eigenvalue weighted by atomic mass is 16.3. The highest BCUT2D eigenvalue weighted by Gasteiger charge is 2.31. The van der Waals surface area contributed by atoms with Crippen LogP contribution in [0.4, 0.5) is 5.69 Å². The van der Waals surface area contributed by atoms with Crippen LogP contribution < -0.4 is 5.32 Å². The van der Waals surface area contributed by atoms with E-state index in [1.54, 1.807) is 6.07 Å². The normalized spacial score (nSPS) is 24.2. The Kier molecular flexibility index (Phi) is 4.38. The molecule has 106 valence electrons. The van der Waals surface area contributed by atoms with Gasteiger partial charge in [0.25, 0.3) is 0 Å². The predicted molar refractivity (Wildman–Crippen MR) is 81.5 cm³/mol. The van der Waals surface area contributed by atoms with Crippen molar-refractivity contribution in [3.8, 4) is 5.75 Å². The van der Waals surface area contributed by atoms with Gasteiger partial charge in [-0.3, -0.25) is 0 Å². The number of phenols is 1. The number of hydrogen-bond donors (Lipinski definition) is 2. The molecule has 0 heterocycles. The van der Waals surface area contributed by atoms with Crippen LogP contribution in [0.25, 0.3) is 0 Å². The van der Waals surface area contributed by atoms with Crippen LogP contribution in [0.2, 0.25) is 0 Å². The van der Waals surface area contributed by atoms with Gasteiger partial charge in [0.1, 0.15) is 5.75 Å². The molecule has 2 rings (SSSR count). The zero-order valence-electron chi connectivity index (χ0n) is 12.4. The summed E-state index contributed by atoms with van der Waals surface area (Å²) < 4.78 is 0. The largest absolute Gasteiger partial charge is 0.508 e. The first-order valence-corrected chi connectivity index (χ1v) is 7.57. The van der Waals surface area contributed by atoms with Crippen molar-refractivity contribution >= 4 is 5.69 Å². The first-order chi connectivity index (χ1) is 9.01. The summed E-state index contributed by atoms with van der Waals surface area (Å²) in [5.41, 5.74) is 1.52. The first-order valence-electron chi connectivity index (χ1n) is 7.57. The van der Waals surface area contributed by atoms with E-state index < -0.39 is 0 Å². The van der Waals surface area contributed by atoms with Crippen molar-refractivity contribution in [1.82, 2.24) is 0 Å².